The monoisotopic (exact) mass is 221 g/mol. The van der Waals surface area contributed by atoms with Crippen molar-refractivity contribution in [3.8, 4) is 0 Å². The van der Waals surface area contributed by atoms with Crippen molar-refractivity contribution in [1.82, 2.24) is 14.9 Å². The molecule has 0 saturated carbocycles. The molecule has 3 heteroatoms. The number of hydrogen-bond acceptors (Lipinski definition) is 2. The van der Waals surface area contributed by atoms with Gasteiger partial charge in [-0.05, 0) is 25.8 Å². The minimum Gasteiger partial charge on any atom is -0.335 e. The maximum Gasteiger partial charge on any atom is 0.111 e. The second-order valence-electron chi connectivity index (χ2n) is 5.07. The molecular formula is C13H23N3. The number of rotatable bonds is 4. The molecule has 0 spiro atoms. The minimum atomic E-state index is 0.523. The van der Waals surface area contributed by atoms with E-state index in [1.54, 1.807) is 0 Å². The molecule has 1 N–H and O–H groups in total. The molecule has 1 saturated heterocycles. The van der Waals surface area contributed by atoms with Crippen LogP contribution < -0.4 is 5.32 Å². The number of aryl methyl sites for hydroxylation is 1. The van der Waals surface area contributed by atoms with Crippen LogP contribution >= 0.6 is 0 Å². The largest absolute Gasteiger partial charge is 0.335 e. The van der Waals surface area contributed by atoms with Gasteiger partial charge in [0.25, 0.3) is 0 Å². The molecule has 1 aliphatic rings. The van der Waals surface area contributed by atoms with E-state index in [0.717, 1.165) is 12.6 Å². The van der Waals surface area contributed by atoms with Gasteiger partial charge in [-0.2, -0.15) is 0 Å². The smallest absolute Gasteiger partial charge is 0.111 e. The average Bonchev–Trinajstić information content (AvgIpc) is 2.76. The molecule has 16 heavy (non-hydrogen) atoms. The Kier molecular flexibility index (Phi) is 3.99. The molecule has 1 aliphatic heterocycles. The molecule has 1 fully saturated rings. The molecule has 90 valence electrons. The summed E-state index contributed by atoms with van der Waals surface area (Å²) in [5, 5.41) is 3.60. The lowest BCUT2D eigenvalue weighted by Crippen LogP contribution is -2.34. The number of nitrogens with zero attached hydrogens (tertiary/aromatic N) is 2. The van der Waals surface area contributed by atoms with Gasteiger partial charge in [-0.25, -0.2) is 4.98 Å². The Labute approximate surface area is 98.3 Å². The molecular weight excluding hydrogens is 198 g/mol. The first-order valence-electron chi connectivity index (χ1n) is 6.52. The summed E-state index contributed by atoms with van der Waals surface area (Å²) in [7, 11) is 0. The summed E-state index contributed by atoms with van der Waals surface area (Å²) in [6.07, 6.45) is 9.33. The van der Waals surface area contributed by atoms with Gasteiger partial charge < -0.3 is 9.88 Å². The first-order valence-corrected chi connectivity index (χ1v) is 6.52. The third kappa shape index (κ3) is 2.85. The summed E-state index contributed by atoms with van der Waals surface area (Å²) < 4.78 is 2.31. The zero-order valence-electron chi connectivity index (χ0n) is 10.4. The molecule has 0 aromatic carbocycles. The van der Waals surface area contributed by atoms with Crippen LogP contribution in [-0.4, -0.2) is 22.1 Å². The number of hydrogen-bond donors (Lipinski definition) is 1. The Hall–Kier alpha value is -0.830. The molecule has 2 heterocycles. The van der Waals surface area contributed by atoms with Crippen LogP contribution in [0.4, 0.5) is 0 Å². The number of imidazole rings is 1. The summed E-state index contributed by atoms with van der Waals surface area (Å²) in [6, 6.07) is 0.719. The number of nitrogens with one attached hydrogen (secondary N) is 1. The Bertz CT molecular complexity index is 311. The van der Waals surface area contributed by atoms with Gasteiger partial charge in [0.05, 0.1) is 0 Å². The zero-order chi connectivity index (χ0) is 11.4. The predicted molar refractivity (Wildman–Crippen MR) is 66.6 cm³/mol. The van der Waals surface area contributed by atoms with E-state index in [2.05, 4.69) is 34.9 Å². The Morgan fingerprint density at radius 2 is 2.38 bits per heavy atom. The molecule has 0 radical (unpaired) electrons. The van der Waals surface area contributed by atoms with Crippen molar-refractivity contribution < 1.29 is 0 Å². The van der Waals surface area contributed by atoms with Gasteiger partial charge in [-0.15, -0.1) is 0 Å². The first-order chi connectivity index (χ1) is 7.77. The lowest BCUT2D eigenvalue weighted by Gasteiger charge is -2.24. The normalized spacial score (nSPS) is 21.6. The van der Waals surface area contributed by atoms with E-state index in [1.807, 2.05) is 6.20 Å². The maximum atomic E-state index is 4.42. The van der Waals surface area contributed by atoms with E-state index in [1.165, 1.54) is 38.1 Å². The number of aromatic nitrogens is 2. The van der Waals surface area contributed by atoms with E-state index in [4.69, 9.17) is 0 Å². The van der Waals surface area contributed by atoms with Crippen molar-refractivity contribution in [1.29, 1.82) is 0 Å². The van der Waals surface area contributed by atoms with Crippen molar-refractivity contribution >= 4 is 0 Å². The molecule has 0 amide bonds. The van der Waals surface area contributed by atoms with Gasteiger partial charge in [-0.3, -0.25) is 0 Å². The van der Waals surface area contributed by atoms with Crippen LogP contribution in [0.1, 0.15) is 51.3 Å². The summed E-state index contributed by atoms with van der Waals surface area (Å²) in [4.78, 5) is 4.42. The Morgan fingerprint density at radius 3 is 3.06 bits per heavy atom. The molecule has 0 aliphatic carbocycles. The highest BCUT2D eigenvalue weighted by Gasteiger charge is 2.13. The van der Waals surface area contributed by atoms with Crippen molar-refractivity contribution in [2.24, 2.45) is 0 Å². The predicted octanol–water partition coefficient (Wildman–Crippen LogP) is 2.54. The Morgan fingerprint density at radius 1 is 1.50 bits per heavy atom. The summed E-state index contributed by atoms with van der Waals surface area (Å²) in [6.45, 7) is 6.71. The Balaban J connectivity index is 1.86. The van der Waals surface area contributed by atoms with Crippen LogP contribution in [0.2, 0.25) is 0 Å². The van der Waals surface area contributed by atoms with Crippen LogP contribution in [0, 0.1) is 0 Å². The van der Waals surface area contributed by atoms with E-state index in [-0.39, 0.29) is 0 Å². The standard InChI is InChI=1S/C13H23N3/c1-11(2)13-15-8-10-16(13)9-6-12-5-3-4-7-14-12/h8,10-12,14H,3-7,9H2,1-2H3/t12-/m0/s1. The van der Waals surface area contributed by atoms with Crippen LogP contribution in [0.25, 0.3) is 0 Å². The van der Waals surface area contributed by atoms with E-state index >= 15 is 0 Å². The molecule has 2 rings (SSSR count). The highest BCUT2D eigenvalue weighted by atomic mass is 15.1. The third-order valence-electron chi connectivity index (χ3n) is 3.39. The lowest BCUT2D eigenvalue weighted by atomic mass is 10.0. The van der Waals surface area contributed by atoms with E-state index < -0.39 is 0 Å². The fourth-order valence-electron chi connectivity index (χ4n) is 2.48. The second kappa shape index (κ2) is 5.48. The summed E-state index contributed by atoms with van der Waals surface area (Å²) in [5.74, 6) is 1.74. The van der Waals surface area contributed by atoms with Crippen LogP contribution in [-0.2, 0) is 6.54 Å². The van der Waals surface area contributed by atoms with E-state index in [9.17, 15) is 0 Å². The molecule has 1 atom stereocenters. The van der Waals surface area contributed by atoms with Crippen LogP contribution in [0.5, 0.6) is 0 Å². The van der Waals surface area contributed by atoms with Gasteiger partial charge in [0.2, 0.25) is 0 Å². The van der Waals surface area contributed by atoms with E-state index in [0.29, 0.717) is 5.92 Å². The third-order valence-corrected chi connectivity index (χ3v) is 3.39. The number of piperidine rings is 1. The van der Waals surface area contributed by atoms with Crippen molar-refractivity contribution in [3.63, 3.8) is 0 Å². The molecule has 1 aromatic heterocycles. The van der Waals surface area contributed by atoms with Gasteiger partial charge in [0.15, 0.2) is 0 Å². The van der Waals surface area contributed by atoms with Crippen LogP contribution in [0.15, 0.2) is 12.4 Å². The highest BCUT2D eigenvalue weighted by molar-refractivity contribution is 4.97. The second-order valence-corrected chi connectivity index (χ2v) is 5.07. The molecule has 3 nitrogen and oxygen atoms in total. The average molecular weight is 221 g/mol. The quantitative estimate of drug-likeness (QED) is 0.846. The summed E-state index contributed by atoms with van der Waals surface area (Å²) in [5.41, 5.74) is 0. The fraction of sp³-hybridized carbons (Fsp3) is 0.769. The van der Waals surface area contributed by atoms with Crippen LogP contribution in [0.3, 0.4) is 0 Å². The summed E-state index contributed by atoms with van der Waals surface area (Å²) >= 11 is 0. The molecule has 0 bridgehead atoms. The van der Waals surface area contributed by atoms with Gasteiger partial charge in [-0.1, -0.05) is 20.3 Å². The van der Waals surface area contributed by atoms with Crippen molar-refractivity contribution in [2.75, 3.05) is 6.54 Å². The molecule has 0 unspecified atom stereocenters. The topological polar surface area (TPSA) is 29.9 Å². The first kappa shape index (κ1) is 11.6. The van der Waals surface area contributed by atoms with Crippen molar-refractivity contribution in [3.05, 3.63) is 18.2 Å². The maximum absolute atomic E-state index is 4.42. The highest BCUT2D eigenvalue weighted by Crippen LogP contribution is 2.15. The fourth-order valence-corrected chi connectivity index (χ4v) is 2.48. The molecule has 1 aromatic rings. The minimum absolute atomic E-state index is 0.523. The van der Waals surface area contributed by atoms with Gasteiger partial charge >= 0.3 is 0 Å². The SMILES string of the molecule is CC(C)c1nccn1CC[C@@H]1CCCCN1. The van der Waals surface area contributed by atoms with Crippen molar-refractivity contribution in [2.45, 2.75) is 58.0 Å². The van der Waals surface area contributed by atoms with Gasteiger partial charge in [0.1, 0.15) is 5.82 Å². The lowest BCUT2D eigenvalue weighted by molar-refractivity contribution is 0.364. The zero-order valence-corrected chi connectivity index (χ0v) is 10.4. The van der Waals surface area contributed by atoms with Gasteiger partial charge in [0, 0.05) is 30.9 Å².